The van der Waals surface area contributed by atoms with Gasteiger partial charge in [-0.1, -0.05) is 6.07 Å². The molecule has 6 nitrogen and oxygen atoms in total. The highest BCUT2D eigenvalue weighted by atomic mass is 32.2. The van der Waals surface area contributed by atoms with Crippen LogP contribution in [0.4, 0.5) is 0 Å². The zero-order chi connectivity index (χ0) is 17.3. The average molecular weight is 347 g/mol. The van der Waals surface area contributed by atoms with Crippen molar-refractivity contribution >= 4 is 29.3 Å². The van der Waals surface area contributed by atoms with Crippen molar-refractivity contribution in [2.24, 2.45) is 0 Å². The van der Waals surface area contributed by atoms with Crippen molar-refractivity contribution in [2.75, 3.05) is 5.75 Å². The Hall–Kier alpha value is -2.02. The number of hydrogen-bond donors (Lipinski definition) is 1. The molecule has 2 aromatic rings. The number of rotatable bonds is 7. The number of aromatic nitrogens is 2. The Morgan fingerprint density at radius 1 is 1.42 bits per heavy atom. The lowest BCUT2D eigenvalue weighted by molar-refractivity contribution is -0.148. The van der Waals surface area contributed by atoms with Gasteiger partial charge in [-0.2, -0.15) is 0 Å². The van der Waals surface area contributed by atoms with Crippen LogP contribution in [0.5, 0.6) is 0 Å². The summed E-state index contributed by atoms with van der Waals surface area (Å²) in [5.74, 6) is -0.138. The summed E-state index contributed by atoms with van der Waals surface area (Å²) >= 11 is 1.48. The van der Waals surface area contributed by atoms with Crippen LogP contribution in [0.1, 0.15) is 31.0 Å². The molecule has 1 aliphatic carbocycles. The minimum atomic E-state index is -0.948. The van der Waals surface area contributed by atoms with Gasteiger partial charge in [0.05, 0.1) is 11.4 Å². The Bertz CT molecular complexity index is 770. The summed E-state index contributed by atoms with van der Waals surface area (Å²) in [6, 6.07) is 3.33. The van der Waals surface area contributed by atoms with Gasteiger partial charge in [0, 0.05) is 24.2 Å². The molecule has 2 aromatic heterocycles. The highest BCUT2D eigenvalue weighted by molar-refractivity contribution is 7.99. The number of nitrogens with zero attached hydrogens (tertiary/aromatic N) is 3. The fourth-order valence-electron chi connectivity index (χ4n) is 2.75. The maximum Gasteiger partial charge on any atom is 0.326 e. The molecule has 24 heavy (non-hydrogen) atoms. The number of thioether (sulfide) groups is 1. The first-order valence-electron chi connectivity index (χ1n) is 8.01. The van der Waals surface area contributed by atoms with E-state index in [1.165, 1.54) is 16.7 Å². The van der Waals surface area contributed by atoms with Crippen LogP contribution in [0, 0.1) is 6.92 Å². The second kappa shape index (κ2) is 6.84. The number of carbonyl (C=O) groups is 2. The fraction of sp³-hybridized carbons (Fsp3) is 0.471. The van der Waals surface area contributed by atoms with E-state index < -0.39 is 12.0 Å². The van der Waals surface area contributed by atoms with Crippen LogP contribution in [0.3, 0.4) is 0 Å². The maximum absolute atomic E-state index is 12.4. The molecule has 0 spiro atoms. The second-order valence-corrected chi connectivity index (χ2v) is 7.23. The van der Waals surface area contributed by atoms with E-state index in [4.69, 9.17) is 0 Å². The largest absolute Gasteiger partial charge is 0.480 e. The number of pyridine rings is 1. The van der Waals surface area contributed by atoms with Crippen LogP contribution in [-0.2, 0) is 15.3 Å². The molecule has 0 radical (unpaired) electrons. The predicted octanol–water partition coefficient (Wildman–Crippen LogP) is 2.34. The molecule has 7 heteroatoms. The van der Waals surface area contributed by atoms with Crippen LogP contribution in [0.25, 0.3) is 5.65 Å². The third-order valence-electron chi connectivity index (χ3n) is 4.13. The molecular weight excluding hydrogens is 326 g/mol. The van der Waals surface area contributed by atoms with Gasteiger partial charge in [0.25, 0.3) is 0 Å². The highest BCUT2D eigenvalue weighted by Crippen LogP contribution is 2.29. The lowest BCUT2D eigenvalue weighted by atomic mass is 10.2. The summed E-state index contributed by atoms with van der Waals surface area (Å²) in [5.41, 5.74) is 2.97. The molecule has 1 unspecified atom stereocenters. The smallest absolute Gasteiger partial charge is 0.326 e. The Kier molecular flexibility index (Phi) is 4.80. The Morgan fingerprint density at radius 2 is 2.17 bits per heavy atom. The lowest BCUT2D eigenvalue weighted by Crippen LogP contribution is -2.45. The molecule has 3 rings (SSSR count). The predicted molar refractivity (Wildman–Crippen MR) is 93.1 cm³/mol. The van der Waals surface area contributed by atoms with Crippen molar-refractivity contribution in [2.45, 2.75) is 44.5 Å². The van der Waals surface area contributed by atoms with Crippen molar-refractivity contribution in [1.82, 2.24) is 14.3 Å². The van der Waals surface area contributed by atoms with E-state index in [9.17, 15) is 14.7 Å². The van der Waals surface area contributed by atoms with Crippen molar-refractivity contribution in [3.05, 3.63) is 35.8 Å². The third-order valence-corrected chi connectivity index (χ3v) is 5.08. The molecule has 1 aliphatic rings. The molecule has 1 fully saturated rings. The third kappa shape index (κ3) is 3.72. The van der Waals surface area contributed by atoms with Crippen LogP contribution in [0.15, 0.2) is 24.5 Å². The lowest BCUT2D eigenvalue weighted by Gasteiger charge is -2.26. The van der Waals surface area contributed by atoms with Gasteiger partial charge < -0.3 is 14.4 Å². The topological polar surface area (TPSA) is 74.9 Å². The van der Waals surface area contributed by atoms with Crippen molar-refractivity contribution in [3.8, 4) is 0 Å². The van der Waals surface area contributed by atoms with Crippen molar-refractivity contribution in [3.63, 3.8) is 0 Å². The number of carboxylic acids is 1. The normalized spacial score (nSPS) is 15.4. The number of imidazole rings is 1. The average Bonchev–Trinajstić information content (AvgIpc) is 3.27. The summed E-state index contributed by atoms with van der Waals surface area (Å²) < 4.78 is 1.98. The van der Waals surface area contributed by atoms with Crippen molar-refractivity contribution in [1.29, 1.82) is 0 Å². The molecule has 0 bridgehead atoms. The number of amides is 1. The van der Waals surface area contributed by atoms with Gasteiger partial charge in [-0.25, -0.2) is 9.78 Å². The highest BCUT2D eigenvalue weighted by Gasteiger charge is 2.38. The van der Waals surface area contributed by atoms with Gasteiger partial charge in [-0.15, -0.1) is 11.8 Å². The van der Waals surface area contributed by atoms with E-state index in [2.05, 4.69) is 4.98 Å². The van der Waals surface area contributed by atoms with Gasteiger partial charge in [0.15, 0.2) is 0 Å². The molecule has 0 saturated heterocycles. The SMILES string of the molecule is Cc1ccc2nc(CSCC(=O)N(C3CC3)C(C)C(=O)O)cn2c1. The van der Waals surface area contributed by atoms with Crippen LogP contribution in [0.2, 0.25) is 0 Å². The van der Waals surface area contributed by atoms with Crippen LogP contribution in [-0.4, -0.2) is 49.1 Å². The Morgan fingerprint density at radius 3 is 2.83 bits per heavy atom. The van der Waals surface area contributed by atoms with Crippen molar-refractivity contribution < 1.29 is 14.7 Å². The first kappa shape index (κ1) is 16.8. The Balaban J connectivity index is 1.58. The van der Waals surface area contributed by atoms with Gasteiger partial charge in [0.1, 0.15) is 11.7 Å². The number of carboxylic acid groups (broad SMARTS) is 1. The molecule has 1 N–H and O–H groups in total. The van der Waals surface area contributed by atoms with Crippen LogP contribution < -0.4 is 0 Å². The molecule has 1 atom stereocenters. The van der Waals surface area contributed by atoms with E-state index in [1.54, 1.807) is 6.92 Å². The molecule has 0 aliphatic heterocycles. The van der Waals surface area contributed by atoms with Gasteiger partial charge in [0.2, 0.25) is 5.91 Å². The molecular formula is C17H21N3O3S. The summed E-state index contributed by atoms with van der Waals surface area (Å²) in [5, 5.41) is 9.17. The molecule has 1 saturated carbocycles. The summed E-state index contributed by atoms with van der Waals surface area (Å²) in [6.45, 7) is 3.61. The standard InChI is InChI=1S/C17H21N3O3S/c1-11-3-6-15-18-13(8-19(15)7-11)9-24-10-16(21)20(14-4-5-14)12(2)17(22)23/h3,6-8,12,14H,4-5,9-10H2,1-2H3,(H,22,23). The summed E-state index contributed by atoms with van der Waals surface area (Å²) in [7, 11) is 0. The van der Waals surface area contributed by atoms with E-state index in [0.717, 1.165) is 29.7 Å². The quantitative estimate of drug-likeness (QED) is 0.832. The second-order valence-electron chi connectivity index (χ2n) is 6.24. The first-order valence-corrected chi connectivity index (χ1v) is 9.17. The molecule has 0 aromatic carbocycles. The summed E-state index contributed by atoms with van der Waals surface area (Å²) in [4.78, 5) is 29.6. The van der Waals surface area contributed by atoms with E-state index in [-0.39, 0.29) is 17.7 Å². The minimum absolute atomic E-state index is 0.0994. The van der Waals surface area contributed by atoms with Gasteiger partial charge in [-0.3, -0.25) is 4.79 Å². The van der Waals surface area contributed by atoms with Gasteiger partial charge in [-0.05, 0) is 38.3 Å². The zero-order valence-electron chi connectivity index (χ0n) is 13.8. The molecule has 2 heterocycles. The van der Waals surface area contributed by atoms with E-state index in [1.807, 2.05) is 35.9 Å². The number of fused-ring (bicyclic) bond motifs is 1. The number of aliphatic carboxylic acids is 1. The number of hydrogen-bond acceptors (Lipinski definition) is 4. The first-order chi connectivity index (χ1) is 11.5. The van der Waals surface area contributed by atoms with E-state index in [0.29, 0.717) is 5.75 Å². The van der Waals surface area contributed by atoms with E-state index >= 15 is 0 Å². The Labute approximate surface area is 144 Å². The fourth-order valence-corrected chi connectivity index (χ4v) is 3.52. The number of carbonyl (C=O) groups excluding carboxylic acids is 1. The monoisotopic (exact) mass is 347 g/mol. The molecule has 1 amide bonds. The minimum Gasteiger partial charge on any atom is -0.480 e. The molecule has 128 valence electrons. The maximum atomic E-state index is 12.4. The van der Waals surface area contributed by atoms with Gasteiger partial charge >= 0.3 is 5.97 Å². The zero-order valence-corrected chi connectivity index (χ0v) is 14.6. The number of aryl methyl sites for hydroxylation is 1. The summed E-state index contributed by atoms with van der Waals surface area (Å²) in [6.07, 6.45) is 5.79. The van der Waals surface area contributed by atoms with Crippen LogP contribution >= 0.6 is 11.8 Å².